The molecule has 2 aromatic rings. The summed E-state index contributed by atoms with van der Waals surface area (Å²) in [5, 5.41) is 13.0. The molecule has 0 saturated carbocycles. The molecule has 0 spiro atoms. The third-order valence-electron chi connectivity index (χ3n) is 3.50. The van der Waals surface area contributed by atoms with Crippen LogP contribution in [-0.4, -0.2) is 35.3 Å². The largest absolute Gasteiger partial charge is 0.478 e. The number of hydrogen-bond donors (Lipinski definition) is 2. The lowest BCUT2D eigenvalue weighted by Gasteiger charge is -2.12. The van der Waals surface area contributed by atoms with Crippen molar-refractivity contribution in [1.82, 2.24) is 4.98 Å². The summed E-state index contributed by atoms with van der Waals surface area (Å²) in [4.78, 5) is 15.6. The summed E-state index contributed by atoms with van der Waals surface area (Å²) in [5.41, 5.74) is 0.961. The number of nitrogens with zero attached hydrogens (tertiary/aromatic N) is 1. The van der Waals surface area contributed by atoms with Crippen LogP contribution in [0.1, 0.15) is 23.2 Å². The van der Waals surface area contributed by atoms with Crippen molar-refractivity contribution in [3.63, 3.8) is 0 Å². The fraction of sp³-hybridized carbons (Fsp3) is 0.333. The number of pyridine rings is 1. The highest BCUT2D eigenvalue weighted by Gasteiger charge is 2.15. The van der Waals surface area contributed by atoms with Crippen molar-refractivity contribution >= 4 is 22.7 Å². The van der Waals surface area contributed by atoms with E-state index in [0.29, 0.717) is 10.9 Å². The number of benzene rings is 1. The lowest BCUT2D eigenvalue weighted by atomic mass is 10.1. The van der Waals surface area contributed by atoms with Crippen LogP contribution < -0.4 is 5.32 Å². The zero-order valence-corrected chi connectivity index (χ0v) is 11.0. The Labute approximate surface area is 116 Å². The van der Waals surface area contributed by atoms with E-state index in [9.17, 15) is 4.79 Å². The molecule has 0 bridgehead atoms. The molecule has 1 atom stereocenters. The average Bonchev–Trinajstić information content (AvgIpc) is 2.97. The van der Waals surface area contributed by atoms with Gasteiger partial charge in [0, 0.05) is 18.5 Å². The second-order valence-electron chi connectivity index (χ2n) is 4.89. The number of carboxylic acid groups (broad SMARTS) is 1. The molecule has 0 radical (unpaired) electrons. The second-order valence-corrected chi connectivity index (χ2v) is 4.89. The number of rotatable bonds is 4. The SMILES string of the molecule is O=C(O)c1cccc2nc(NCC3CCCO3)ccc12. The lowest BCUT2D eigenvalue weighted by Crippen LogP contribution is -2.18. The molecule has 5 nitrogen and oxygen atoms in total. The Morgan fingerprint density at radius 3 is 3.05 bits per heavy atom. The van der Waals surface area contributed by atoms with Crippen molar-refractivity contribution in [2.45, 2.75) is 18.9 Å². The minimum absolute atomic E-state index is 0.248. The molecule has 5 heteroatoms. The molecule has 1 unspecified atom stereocenters. The Balaban J connectivity index is 1.81. The van der Waals surface area contributed by atoms with E-state index in [4.69, 9.17) is 9.84 Å². The van der Waals surface area contributed by atoms with Gasteiger partial charge in [-0.15, -0.1) is 0 Å². The molecule has 1 fully saturated rings. The van der Waals surface area contributed by atoms with Crippen LogP contribution in [0, 0.1) is 0 Å². The van der Waals surface area contributed by atoms with E-state index in [0.717, 1.165) is 31.8 Å². The molecule has 2 N–H and O–H groups in total. The summed E-state index contributed by atoms with van der Waals surface area (Å²) in [6.07, 6.45) is 2.43. The van der Waals surface area contributed by atoms with Gasteiger partial charge in [0.15, 0.2) is 0 Å². The molecule has 20 heavy (non-hydrogen) atoms. The molecule has 0 amide bonds. The topological polar surface area (TPSA) is 71.5 Å². The standard InChI is InChI=1S/C15H16N2O3/c18-15(19)12-4-1-5-13-11(12)6-7-14(17-13)16-9-10-3-2-8-20-10/h1,4-7,10H,2-3,8-9H2,(H,16,17)(H,18,19). The van der Waals surface area contributed by atoms with Crippen molar-refractivity contribution in [3.05, 3.63) is 35.9 Å². The molecule has 1 aromatic carbocycles. The summed E-state index contributed by atoms with van der Waals surface area (Å²) in [6, 6.07) is 8.72. The molecule has 1 aromatic heterocycles. The van der Waals surface area contributed by atoms with Gasteiger partial charge in [0.1, 0.15) is 5.82 Å². The predicted molar refractivity (Wildman–Crippen MR) is 76.2 cm³/mol. The first-order chi connectivity index (χ1) is 9.74. The maximum atomic E-state index is 11.1. The summed E-state index contributed by atoms with van der Waals surface area (Å²) >= 11 is 0. The molecule has 1 aliphatic heterocycles. The number of aromatic carboxylic acids is 1. The minimum atomic E-state index is -0.933. The molecule has 1 saturated heterocycles. The van der Waals surface area contributed by atoms with Crippen LogP contribution in [0.5, 0.6) is 0 Å². The van der Waals surface area contributed by atoms with Crippen molar-refractivity contribution in [3.8, 4) is 0 Å². The maximum Gasteiger partial charge on any atom is 0.336 e. The van der Waals surface area contributed by atoms with Crippen molar-refractivity contribution < 1.29 is 14.6 Å². The van der Waals surface area contributed by atoms with Crippen LogP contribution in [-0.2, 0) is 4.74 Å². The number of anilines is 1. The number of ether oxygens (including phenoxy) is 1. The van der Waals surface area contributed by atoms with Crippen LogP contribution in [0.15, 0.2) is 30.3 Å². The van der Waals surface area contributed by atoms with Crippen LogP contribution in [0.2, 0.25) is 0 Å². The monoisotopic (exact) mass is 272 g/mol. The molecule has 104 valence electrons. The van der Waals surface area contributed by atoms with Crippen LogP contribution in [0.4, 0.5) is 5.82 Å². The maximum absolute atomic E-state index is 11.1. The number of carbonyl (C=O) groups is 1. The van der Waals surface area contributed by atoms with E-state index in [-0.39, 0.29) is 11.7 Å². The molecular formula is C15H16N2O3. The van der Waals surface area contributed by atoms with E-state index in [1.807, 2.05) is 12.1 Å². The van der Waals surface area contributed by atoms with Crippen LogP contribution >= 0.6 is 0 Å². The van der Waals surface area contributed by atoms with Gasteiger partial charge in [0.25, 0.3) is 0 Å². The molecule has 0 aliphatic carbocycles. The van der Waals surface area contributed by atoms with E-state index >= 15 is 0 Å². The van der Waals surface area contributed by atoms with Gasteiger partial charge < -0.3 is 15.2 Å². The third-order valence-corrected chi connectivity index (χ3v) is 3.50. The fourth-order valence-electron chi connectivity index (χ4n) is 2.46. The molecular weight excluding hydrogens is 256 g/mol. The number of nitrogens with one attached hydrogen (secondary N) is 1. The van der Waals surface area contributed by atoms with E-state index in [1.54, 1.807) is 18.2 Å². The Hall–Kier alpha value is -2.14. The first-order valence-corrected chi connectivity index (χ1v) is 6.72. The summed E-state index contributed by atoms with van der Waals surface area (Å²) in [6.45, 7) is 1.57. The average molecular weight is 272 g/mol. The van der Waals surface area contributed by atoms with Crippen molar-refractivity contribution in [2.75, 3.05) is 18.5 Å². The normalized spacial score (nSPS) is 18.3. The van der Waals surface area contributed by atoms with Crippen molar-refractivity contribution in [2.24, 2.45) is 0 Å². The summed E-state index contributed by atoms with van der Waals surface area (Å²) < 4.78 is 5.54. The summed E-state index contributed by atoms with van der Waals surface area (Å²) in [5.74, 6) is -0.187. The smallest absolute Gasteiger partial charge is 0.336 e. The molecule has 3 rings (SSSR count). The highest BCUT2D eigenvalue weighted by molar-refractivity contribution is 6.02. The van der Waals surface area contributed by atoms with Crippen LogP contribution in [0.25, 0.3) is 10.9 Å². The van der Waals surface area contributed by atoms with Gasteiger partial charge >= 0.3 is 5.97 Å². The predicted octanol–water partition coefficient (Wildman–Crippen LogP) is 2.52. The van der Waals surface area contributed by atoms with E-state index in [1.165, 1.54) is 0 Å². The Bertz CT molecular complexity index is 636. The van der Waals surface area contributed by atoms with Gasteiger partial charge in [-0.05, 0) is 37.1 Å². The van der Waals surface area contributed by atoms with Gasteiger partial charge in [-0.3, -0.25) is 0 Å². The van der Waals surface area contributed by atoms with Crippen LogP contribution in [0.3, 0.4) is 0 Å². The van der Waals surface area contributed by atoms with E-state index < -0.39 is 5.97 Å². The first-order valence-electron chi connectivity index (χ1n) is 6.72. The highest BCUT2D eigenvalue weighted by atomic mass is 16.5. The first kappa shape index (κ1) is 12.9. The van der Waals surface area contributed by atoms with Gasteiger partial charge in [0.2, 0.25) is 0 Å². The minimum Gasteiger partial charge on any atom is -0.478 e. The quantitative estimate of drug-likeness (QED) is 0.894. The number of fused-ring (bicyclic) bond motifs is 1. The number of aromatic nitrogens is 1. The fourth-order valence-corrected chi connectivity index (χ4v) is 2.46. The van der Waals surface area contributed by atoms with Gasteiger partial charge in [-0.1, -0.05) is 6.07 Å². The Kier molecular flexibility index (Phi) is 3.52. The number of hydrogen-bond acceptors (Lipinski definition) is 4. The molecule has 1 aliphatic rings. The third kappa shape index (κ3) is 2.58. The highest BCUT2D eigenvalue weighted by Crippen LogP contribution is 2.20. The van der Waals surface area contributed by atoms with E-state index in [2.05, 4.69) is 10.3 Å². The summed E-state index contributed by atoms with van der Waals surface area (Å²) in [7, 11) is 0. The van der Waals surface area contributed by atoms with Gasteiger partial charge in [-0.2, -0.15) is 0 Å². The molecule has 2 heterocycles. The van der Waals surface area contributed by atoms with Gasteiger partial charge in [-0.25, -0.2) is 9.78 Å². The second kappa shape index (κ2) is 5.46. The van der Waals surface area contributed by atoms with Crippen molar-refractivity contribution in [1.29, 1.82) is 0 Å². The number of carboxylic acids is 1. The zero-order chi connectivity index (χ0) is 13.9. The lowest BCUT2D eigenvalue weighted by molar-refractivity contribution is 0.0699. The van der Waals surface area contributed by atoms with Gasteiger partial charge in [0.05, 0.1) is 17.2 Å². The Morgan fingerprint density at radius 2 is 2.30 bits per heavy atom. The zero-order valence-electron chi connectivity index (χ0n) is 11.0. The Morgan fingerprint density at radius 1 is 1.40 bits per heavy atom.